The molecule has 1 fully saturated rings. The van der Waals surface area contributed by atoms with Crippen molar-refractivity contribution in [3.63, 3.8) is 0 Å². The van der Waals surface area contributed by atoms with Gasteiger partial charge in [-0.25, -0.2) is 4.98 Å². The van der Waals surface area contributed by atoms with Crippen molar-refractivity contribution in [1.82, 2.24) is 20.3 Å². The Labute approximate surface area is 112 Å². The van der Waals surface area contributed by atoms with Crippen LogP contribution >= 0.6 is 0 Å². The van der Waals surface area contributed by atoms with Gasteiger partial charge in [-0.05, 0) is 32.4 Å². The number of aromatic nitrogens is 3. The molecule has 19 heavy (non-hydrogen) atoms. The smallest absolute Gasteiger partial charge is 0.215 e. The molecule has 3 rings (SSSR count). The molecule has 5 nitrogen and oxygen atoms in total. The first-order valence-corrected chi connectivity index (χ1v) is 6.78. The van der Waals surface area contributed by atoms with Crippen molar-refractivity contribution in [2.75, 3.05) is 7.05 Å². The number of ether oxygens (including phenoxy) is 1. The first kappa shape index (κ1) is 12.3. The first-order chi connectivity index (χ1) is 9.36. The van der Waals surface area contributed by atoms with Crippen LogP contribution < -0.4 is 10.1 Å². The number of hydrogen-bond acceptors (Lipinski definition) is 5. The van der Waals surface area contributed by atoms with Crippen LogP contribution in [-0.4, -0.2) is 34.1 Å². The van der Waals surface area contributed by atoms with E-state index in [0.29, 0.717) is 17.6 Å². The van der Waals surface area contributed by atoms with Gasteiger partial charge in [-0.2, -0.15) is 4.98 Å². The van der Waals surface area contributed by atoms with Gasteiger partial charge >= 0.3 is 0 Å². The van der Waals surface area contributed by atoms with Crippen molar-refractivity contribution < 1.29 is 4.74 Å². The Bertz CT molecular complexity index is 560. The summed E-state index contributed by atoms with van der Waals surface area (Å²) in [4.78, 5) is 12.8. The number of rotatable bonds is 3. The van der Waals surface area contributed by atoms with Crippen molar-refractivity contribution >= 4 is 11.2 Å². The molecule has 2 unspecified atom stereocenters. The molecule has 0 bridgehead atoms. The number of nitrogens with zero attached hydrogens (tertiary/aromatic N) is 3. The summed E-state index contributed by atoms with van der Waals surface area (Å²) < 4.78 is 6.03. The summed E-state index contributed by atoms with van der Waals surface area (Å²) in [6, 6.07) is 4.19. The van der Waals surface area contributed by atoms with E-state index < -0.39 is 0 Å². The van der Waals surface area contributed by atoms with E-state index in [-0.39, 0.29) is 6.10 Å². The number of nitrogens with one attached hydrogen (secondary N) is 1. The van der Waals surface area contributed by atoms with Crippen LogP contribution in [0.5, 0.6) is 5.88 Å². The topological polar surface area (TPSA) is 59.9 Å². The van der Waals surface area contributed by atoms with Gasteiger partial charge in [0, 0.05) is 24.5 Å². The lowest BCUT2D eigenvalue weighted by atomic mass is 9.92. The Balaban J connectivity index is 1.80. The molecule has 2 atom stereocenters. The molecule has 1 aliphatic carbocycles. The lowest BCUT2D eigenvalue weighted by Gasteiger charge is -2.31. The highest BCUT2D eigenvalue weighted by molar-refractivity contribution is 5.69. The summed E-state index contributed by atoms with van der Waals surface area (Å²) in [7, 11) is 1.99. The predicted molar refractivity (Wildman–Crippen MR) is 73.1 cm³/mol. The van der Waals surface area contributed by atoms with Crippen LogP contribution in [0.3, 0.4) is 0 Å². The second kappa shape index (κ2) is 5.48. The Hall–Kier alpha value is -1.75. The van der Waals surface area contributed by atoms with Crippen molar-refractivity contribution in [3.8, 4) is 5.88 Å². The first-order valence-electron chi connectivity index (χ1n) is 6.78. The molecule has 0 spiro atoms. The lowest BCUT2D eigenvalue weighted by molar-refractivity contribution is 0.113. The molecule has 1 aliphatic rings. The van der Waals surface area contributed by atoms with E-state index in [4.69, 9.17) is 4.74 Å². The predicted octanol–water partition coefficient (Wildman–Crippen LogP) is 1.93. The maximum atomic E-state index is 6.03. The van der Waals surface area contributed by atoms with Gasteiger partial charge in [0.1, 0.15) is 11.6 Å². The van der Waals surface area contributed by atoms with Crippen LogP contribution in [0.4, 0.5) is 0 Å². The largest absolute Gasteiger partial charge is 0.473 e. The second-order valence-electron chi connectivity index (χ2n) is 4.88. The SMILES string of the molecule is CNC1CCCCC1Oc1ccc2nccnc2n1. The average molecular weight is 258 g/mol. The third-order valence-electron chi connectivity index (χ3n) is 3.65. The molecule has 0 saturated heterocycles. The minimum Gasteiger partial charge on any atom is -0.473 e. The standard InChI is InChI=1S/C14H18N4O/c1-15-10-4-2-3-5-12(10)19-13-7-6-11-14(18-13)17-9-8-16-11/h6-10,12,15H,2-5H2,1H3. The summed E-state index contributed by atoms with van der Waals surface area (Å²) in [5.74, 6) is 0.639. The molecule has 2 aromatic heterocycles. The average Bonchev–Trinajstić information content (AvgIpc) is 2.48. The summed E-state index contributed by atoms with van der Waals surface area (Å²) in [5, 5.41) is 3.33. The summed E-state index contributed by atoms with van der Waals surface area (Å²) in [6.07, 6.45) is 8.23. The molecule has 100 valence electrons. The fraction of sp³-hybridized carbons (Fsp3) is 0.500. The summed E-state index contributed by atoms with van der Waals surface area (Å²) >= 11 is 0. The highest BCUT2D eigenvalue weighted by Gasteiger charge is 2.25. The molecule has 0 radical (unpaired) electrons. The highest BCUT2D eigenvalue weighted by Crippen LogP contribution is 2.23. The van der Waals surface area contributed by atoms with E-state index in [2.05, 4.69) is 20.3 Å². The molecule has 0 aromatic carbocycles. The quantitative estimate of drug-likeness (QED) is 0.911. The van der Waals surface area contributed by atoms with E-state index in [1.54, 1.807) is 12.4 Å². The molecular weight excluding hydrogens is 240 g/mol. The van der Waals surface area contributed by atoms with Crippen molar-refractivity contribution in [1.29, 1.82) is 0 Å². The van der Waals surface area contributed by atoms with Crippen LogP contribution in [0, 0.1) is 0 Å². The van der Waals surface area contributed by atoms with Crippen LogP contribution in [0.2, 0.25) is 0 Å². The Kier molecular flexibility index (Phi) is 3.55. The van der Waals surface area contributed by atoms with Crippen LogP contribution in [0.1, 0.15) is 25.7 Å². The fourth-order valence-corrected chi connectivity index (χ4v) is 2.63. The zero-order valence-corrected chi connectivity index (χ0v) is 11.0. The van der Waals surface area contributed by atoms with Crippen molar-refractivity contribution in [3.05, 3.63) is 24.5 Å². The zero-order valence-electron chi connectivity index (χ0n) is 11.0. The molecule has 1 N–H and O–H groups in total. The van der Waals surface area contributed by atoms with Crippen LogP contribution in [0.15, 0.2) is 24.5 Å². The Morgan fingerprint density at radius 3 is 2.89 bits per heavy atom. The number of pyridine rings is 1. The van der Waals surface area contributed by atoms with Crippen molar-refractivity contribution in [2.24, 2.45) is 0 Å². The van der Waals surface area contributed by atoms with Gasteiger partial charge in [-0.15, -0.1) is 0 Å². The third-order valence-corrected chi connectivity index (χ3v) is 3.65. The van der Waals surface area contributed by atoms with Gasteiger partial charge in [0.15, 0.2) is 5.65 Å². The van der Waals surface area contributed by atoms with Gasteiger partial charge in [0.2, 0.25) is 5.88 Å². The maximum Gasteiger partial charge on any atom is 0.215 e. The van der Waals surface area contributed by atoms with E-state index in [1.165, 1.54) is 12.8 Å². The molecule has 2 aromatic rings. The van der Waals surface area contributed by atoms with Gasteiger partial charge in [-0.1, -0.05) is 6.42 Å². The third kappa shape index (κ3) is 2.66. The number of hydrogen-bond donors (Lipinski definition) is 1. The Morgan fingerprint density at radius 2 is 2.00 bits per heavy atom. The maximum absolute atomic E-state index is 6.03. The summed E-state index contributed by atoms with van der Waals surface area (Å²) in [5.41, 5.74) is 1.43. The number of likely N-dealkylation sites (N-methyl/N-ethyl adjacent to an activating group) is 1. The normalized spacial score (nSPS) is 23.4. The van der Waals surface area contributed by atoms with E-state index in [9.17, 15) is 0 Å². The zero-order chi connectivity index (χ0) is 13.1. The molecule has 1 saturated carbocycles. The van der Waals surface area contributed by atoms with Gasteiger partial charge in [0.05, 0.1) is 0 Å². The van der Waals surface area contributed by atoms with Gasteiger partial charge in [-0.3, -0.25) is 4.98 Å². The van der Waals surface area contributed by atoms with Crippen LogP contribution in [-0.2, 0) is 0 Å². The Morgan fingerprint density at radius 1 is 1.16 bits per heavy atom. The minimum absolute atomic E-state index is 0.195. The van der Waals surface area contributed by atoms with E-state index >= 15 is 0 Å². The molecule has 2 heterocycles. The van der Waals surface area contributed by atoms with Crippen LogP contribution in [0.25, 0.3) is 11.2 Å². The second-order valence-corrected chi connectivity index (χ2v) is 4.88. The fourth-order valence-electron chi connectivity index (χ4n) is 2.63. The van der Waals surface area contributed by atoms with Gasteiger partial charge < -0.3 is 10.1 Å². The van der Waals surface area contributed by atoms with E-state index in [1.807, 2.05) is 19.2 Å². The lowest BCUT2D eigenvalue weighted by Crippen LogP contribution is -2.43. The van der Waals surface area contributed by atoms with Gasteiger partial charge in [0.25, 0.3) is 0 Å². The number of fused-ring (bicyclic) bond motifs is 1. The monoisotopic (exact) mass is 258 g/mol. The molecule has 5 heteroatoms. The van der Waals surface area contributed by atoms with Crippen molar-refractivity contribution in [2.45, 2.75) is 37.8 Å². The molecular formula is C14H18N4O. The molecule has 0 aliphatic heterocycles. The summed E-state index contributed by atoms with van der Waals surface area (Å²) in [6.45, 7) is 0. The molecule has 0 amide bonds. The van der Waals surface area contributed by atoms with E-state index in [0.717, 1.165) is 18.4 Å². The highest BCUT2D eigenvalue weighted by atomic mass is 16.5. The minimum atomic E-state index is 0.195.